The Hall–Kier alpha value is -1.45. The topological polar surface area (TPSA) is 29.5 Å². The molecular formula is C16H16O2S. The number of hydrogen-bond donors (Lipinski definition) is 1. The molecule has 0 amide bonds. The molecule has 2 aromatic rings. The molecule has 19 heavy (non-hydrogen) atoms. The number of ether oxygens (including phenoxy) is 1. The van der Waals surface area contributed by atoms with Gasteiger partial charge in [0.15, 0.2) is 0 Å². The number of benzene rings is 2. The van der Waals surface area contributed by atoms with Crippen LogP contribution >= 0.6 is 11.8 Å². The van der Waals surface area contributed by atoms with Gasteiger partial charge in [0.1, 0.15) is 11.4 Å². The summed E-state index contributed by atoms with van der Waals surface area (Å²) in [7, 11) is 1.65. The van der Waals surface area contributed by atoms with E-state index in [9.17, 15) is 5.11 Å². The van der Waals surface area contributed by atoms with Crippen LogP contribution in [0.4, 0.5) is 0 Å². The summed E-state index contributed by atoms with van der Waals surface area (Å²) in [4.78, 5) is 1.17. The van der Waals surface area contributed by atoms with Crippen LogP contribution in [0.3, 0.4) is 0 Å². The lowest BCUT2D eigenvalue weighted by Crippen LogP contribution is -2.31. The highest BCUT2D eigenvalue weighted by molar-refractivity contribution is 7.99. The van der Waals surface area contributed by atoms with E-state index in [1.165, 1.54) is 4.90 Å². The largest absolute Gasteiger partial charge is 0.497 e. The number of fused-ring (bicyclic) bond motifs is 1. The van der Waals surface area contributed by atoms with Crippen molar-refractivity contribution in [1.29, 1.82) is 0 Å². The fraction of sp³-hybridized carbons (Fsp3) is 0.250. The fourth-order valence-electron chi connectivity index (χ4n) is 2.56. The summed E-state index contributed by atoms with van der Waals surface area (Å²) in [6, 6.07) is 15.8. The van der Waals surface area contributed by atoms with Gasteiger partial charge in [-0.15, -0.1) is 11.8 Å². The molecule has 0 fully saturated rings. The Morgan fingerprint density at radius 1 is 1.16 bits per heavy atom. The molecule has 1 aliphatic rings. The first-order valence-corrected chi connectivity index (χ1v) is 7.32. The maximum atomic E-state index is 11.1. The van der Waals surface area contributed by atoms with Crippen LogP contribution in [0.15, 0.2) is 53.4 Å². The van der Waals surface area contributed by atoms with Crippen LogP contribution < -0.4 is 4.74 Å². The lowest BCUT2D eigenvalue weighted by atomic mass is 9.83. The van der Waals surface area contributed by atoms with Crippen molar-refractivity contribution in [3.05, 3.63) is 59.7 Å². The second-order valence-corrected chi connectivity index (χ2v) is 5.82. The number of methoxy groups -OCH3 is 1. The zero-order valence-corrected chi connectivity index (χ0v) is 11.6. The van der Waals surface area contributed by atoms with Crippen molar-refractivity contribution in [3.63, 3.8) is 0 Å². The first kappa shape index (κ1) is 12.6. The van der Waals surface area contributed by atoms with Crippen LogP contribution in [0.25, 0.3) is 0 Å². The second-order valence-electron chi connectivity index (χ2n) is 4.69. The molecule has 98 valence electrons. The van der Waals surface area contributed by atoms with Gasteiger partial charge in [0.2, 0.25) is 0 Å². The number of hydrogen-bond acceptors (Lipinski definition) is 3. The quantitative estimate of drug-likeness (QED) is 0.908. The summed E-state index contributed by atoms with van der Waals surface area (Å²) in [5, 5.41) is 11.1. The third kappa shape index (κ3) is 2.13. The Balaban J connectivity index is 2.13. The van der Waals surface area contributed by atoms with Gasteiger partial charge >= 0.3 is 0 Å². The molecule has 1 atom stereocenters. The summed E-state index contributed by atoms with van der Waals surface area (Å²) in [5.41, 5.74) is 0.996. The summed E-state index contributed by atoms with van der Waals surface area (Å²) >= 11 is 1.80. The molecule has 0 spiro atoms. The first-order chi connectivity index (χ1) is 9.24. The van der Waals surface area contributed by atoms with Crippen LogP contribution in [-0.4, -0.2) is 18.0 Å². The molecule has 0 saturated carbocycles. The van der Waals surface area contributed by atoms with E-state index in [2.05, 4.69) is 6.07 Å². The van der Waals surface area contributed by atoms with Gasteiger partial charge in [-0.25, -0.2) is 0 Å². The molecule has 0 unspecified atom stereocenters. The van der Waals surface area contributed by atoms with E-state index in [-0.39, 0.29) is 0 Å². The SMILES string of the molecule is COc1cccc([C@@]2(O)CCSc3ccccc32)c1. The van der Waals surface area contributed by atoms with E-state index < -0.39 is 5.60 Å². The number of aliphatic hydroxyl groups is 1. The van der Waals surface area contributed by atoms with Crippen molar-refractivity contribution in [2.75, 3.05) is 12.9 Å². The van der Waals surface area contributed by atoms with E-state index in [1.54, 1.807) is 18.9 Å². The van der Waals surface area contributed by atoms with Crippen LogP contribution in [0.1, 0.15) is 17.5 Å². The molecule has 0 aromatic heterocycles. The van der Waals surface area contributed by atoms with Crippen molar-refractivity contribution < 1.29 is 9.84 Å². The third-order valence-corrected chi connectivity index (χ3v) is 4.68. The first-order valence-electron chi connectivity index (χ1n) is 6.33. The minimum absolute atomic E-state index is 0.724. The Labute approximate surface area is 117 Å². The Kier molecular flexibility index (Phi) is 3.25. The zero-order chi connectivity index (χ0) is 13.3. The summed E-state index contributed by atoms with van der Waals surface area (Å²) < 4.78 is 5.26. The molecular weight excluding hydrogens is 256 g/mol. The minimum atomic E-state index is -0.906. The van der Waals surface area contributed by atoms with Crippen LogP contribution in [0.2, 0.25) is 0 Å². The highest BCUT2D eigenvalue weighted by atomic mass is 32.2. The average Bonchev–Trinajstić information content (AvgIpc) is 2.48. The maximum Gasteiger partial charge on any atom is 0.119 e. The number of rotatable bonds is 2. The van der Waals surface area contributed by atoms with E-state index in [1.807, 2.05) is 42.5 Å². The molecule has 0 saturated heterocycles. The summed E-state index contributed by atoms with van der Waals surface area (Å²) in [5.74, 6) is 1.70. The van der Waals surface area contributed by atoms with E-state index in [0.29, 0.717) is 0 Å². The summed E-state index contributed by atoms with van der Waals surface area (Å²) in [6.07, 6.45) is 0.724. The molecule has 2 aromatic carbocycles. The van der Waals surface area contributed by atoms with E-state index in [4.69, 9.17) is 4.74 Å². The smallest absolute Gasteiger partial charge is 0.119 e. The molecule has 1 aliphatic heterocycles. The molecule has 3 rings (SSSR count). The minimum Gasteiger partial charge on any atom is -0.497 e. The second kappa shape index (κ2) is 4.91. The Morgan fingerprint density at radius 2 is 2.00 bits per heavy atom. The fourth-order valence-corrected chi connectivity index (χ4v) is 3.74. The third-order valence-electron chi connectivity index (χ3n) is 3.60. The number of thioether (sulfide) groups is 1. The predicted molar refractivity (Wildman–Crippen MR) is 77.8 cm³/mol. The molecule has 0 radical (unpaired) electrons. The highest BCUT2D eigenvalue weighted by Crippen LogP contribution is 2.44. The van der Waals surface area contributed by atoms with Gasteiger partial charge in [0, 0.05) is 16.2 Å². The molecule has 0 bridgehead atoms. The average molecular weight is 272 g/mol. The molecule has 0 aliphatic carbocycles. The van der Waals surface area contributed by atoms with Gasteiger partial charge in [-0.1, -0.05) is 30.3 Å². The Bertz CT molecular complexity index is 597. The highest BCUT2D eigenvalue weighted by Gasteiger charge is 2.36. The van der Waals surface area contributed by atoms with Crippen LogP contribution in [0.5, 0.6) is 5.75 Å². The van der Waals surface area contributed by atoms with Gasteiger partial charge in [-0.3, -0.25) is 0 Å². The molecule has 2 nitrogen and oxygen atoms in total. The maximum absolute atomic E-state index is 11.1. The van der Waals surface area contributed by atoms with Gasteiger partial charge < -0.3 is 9.84 Å². The molecule has 1 heterocycles. The lowest BCUT2D eigenvalue weighted by Gasteiger charge is -2.34. The van der Waals surface area contributed by atoms with Crippen molar-refractivity contribution in [3.8, 4) is 5.75 Å². The molecule has 1 N–H and O–H groups in total. The molecule has 3 heteroatoms. The normalized spacial score (nSPS) is 21.8. The van der Waals surface area contributed by atoms with Crippen molar-refractivity contribution in [2.24, 2.45) is 0 Å². The van der Waals surface area contributed by atoms with Gasteiger partial charge in [-0.05, 0) is 30.2 Å². The van der Waals surface area contributed by atoms with Gasteiger partial charge in [0.05, 0.1) is 7.11 Å². The van der Waals surface area contributed by atoms with Crippen molar-refractivity contribution in [1.82, 2.24) is 0 Å². The van der Waals surface area contributed by atoms with Crippen LogP contribution in [-0.2, 0) is 5.60 Å². The van der Waals surface area contributed by atoms with Crippen LogP contribution in [0, 0.1) is 0 Å². The van der Waals surface area contributed by atoms with E-state index in [0.717, 1.165) is 29.1 Å². The summed E-state index contributed by atoms with van der Waals surface area (Å²) in [6.45, 7) is 0. The standard InChI is InChI=1S/C16H16O2S/c1-18-13-6-4-5-12(11-13)16(17)9-10-19-15-8-3-2-7-14(15)16/h2-8,11,17H,9-10H2,1H3/t16-/m0/s1. The monoisotopic (exact) mass is 272 g/mol. The van der Waals surface area contributed by atoms with Crippen molar-refractivity contribution >= 4 is 11.8 Å². The van der Waals surface area contributed by atoms with Crippen molar-refractivity contribution in [2.45, 2.75) is 16.9 Å². The Morgan fingerprint density at radius 3 is 2.84 bits per heavy atom. The van der Waals surface area contributed by atoms with Gasteiger partial charge in [0.25, 0.3) is 0 Å². The van der Waals surface area contributed by atoms with E-state index >= 15 is 0 Å². The lowest BCUT2D eigenvalue weighted by molar-refractivity contribution is 0.0729. The van der Waals surface area contributed by atoms with Gasteiger partial charge in [-0.2, -0.15) is 0 Å². The predicted octanol–water partition coefficient (Wildman–Crippen LogP) is 3.43. The zero-order valence-electron chi connectivity index (χ0n) is 10.8.